The Morgan fingerprint density at radius 2 is 1.82 bits per heavy atom. The Labute approximate surface area is 104 Å². The molecule has 2 N–H and O–H groups in total. The number of hydrogen-bond acceptors (Lipinski definition) is 3. The fourth-order valence-corrected chi connectivity index (χ4v) is 1.69. The van der Waals surface area contributed by atoms with Crippen LogP contribution in [0.15, 0.2) is 12.1 Å². The van der Waals surface area contributed by atoms with Gasteiger partial charge in [0, 0.05) is 0 Å². The molecule has 0 amide bonds. The standard InChI is InChI=1S/C14H23NO2/c1-9(2)13(8-16)15-12-6-10(3)11(4)7-14(12)17-5/h6-7,9,13,15-16H,8H2,1-5H3. The van der Waals surface area contributed by atoms with Crippen molar-refractivity contribution in [3.63, 3.8) is 0 Å². The van der Waals surface area contributed by atoms with Crippen molar-refractivity contribution < 1.29 is 9.84 Å². The molecule has 0 aliphatic carbocycles. The van der Waals surface area contributed by atoms with Crippen LogP contribution < -0.4 is 10.1 Å². The summed E-state index contributed by atoms with van der Waals surface area (Å²) in [4.78, 5) is 0. The summed E-state index contributed by atoms with van der Waals surface area (Å²) in [6.45, 7) is 8.42. The van der Waals surface area contributed by atoms with Crippen molar-refractivity contribution in [1.82, 2.24) is 0 Å². The lowest BCUT2D eigenvalue weighted by atomic mass is 10.0. The Bertz CT molecular complexity index is 375. The van der Waals surface area contributed by atoms with Gasteiger partial charge in [0.15, 0.2) is 0 Å². The van der Waals surface area contributed by atoms with Crippen LogP contribution >= 0.6 is 0 Å². The van der Waals surface area contributed by atoms with E-state index in [-0.39, 0.29) is 12.6 Å². The number of anilines is 1. The van der Waals surface area contributed by atoms with Crippen LogP contribution in [0.25, 0.3) is 0 Å². The van der Waals surface area contributed by atoms with E-state index < -0.39 is 0 Å². The number of hydrogen-bond donors (Lipinski definition) is 2. The molecule has 0 saturated carbocycles. The summed E-state index contributed by atoms with van der Waals surface area (Å²) in [5.41, 5.74) is 3.37. The van der Waals surface area contributed by atoms with Crippen molar-refractivity contribution in [2.24, 2.45) is 5.92 Å². The van der Waals surface area contributed by atoms with Gasteiger partial charge in [-0.2, -0.15) is 0 Å². The SMILES string of the molecule is COc1cc(C)c(C)cc1NC(CO)C(C)C. The van der Waals surface area contributed by atoms with E-state index in [1.807, 2.05) is 6.07 Å². The van der Waals surface area contributed by atoms with Gasteiger partial charge < -0.3 is 15.2 Å². The van der Waals surface area contributed by atoms with Gasteiger partial charge in [-0.05, 0) is 43.0 Å². The molecule has 1 unspecified atom stereocenters. The summed E-state index contributed by atoms with van der Waals surface area (Å²) in [5, 5.41) is 12.7. The zero-order valence-electron chi connectivity index (χ0n) is 11.4. The normalized spacial score (nSPS) is 12.6. The molecule has 0 fully saturated rings. The number of rotatable bonds is 5. The molecule has 96 valence electrons. The van der Waals surface area contributed by atoms with Gasteiger partial charge in [-0.15, -0.1) is 0 Å². The summed E-state index contributed by atoms with van der Waals surface area (Å²) in [6.07, 6.45) is 0. The monoisotopic (exact) mass is 237 g/mol. The number of methoxy groups -OCH3 is 1. The molecule has 0 saturated heterocycles. The molecule has 0 spiro atoms. The van der Waals surface area contributed by atoms with E-state index in [9.17, 15) is 5.11 Å². The minimum atomic E-state index is 0.0472. The zero-order valence-corrected chi connectivity index (χ0v) is 11.4. The Hall–Kier alpha value is -1.22. The molecule has 3 nitrogen and oxygen atoms in total. The van der Waals surface area contributed by atoms with E-state index in [0.29, 0.717) is 5.92 Å². The van der Waals surface area contributed by atoms with Gasteiger partial charge in [0.2, 0.25) is 0 Å². The first kappa shape index (κ1) is 13.8. The number of benzene rings is 1. The first-order chi connectivity index (χ1) is 7.99. The molecule has 1 aromatic carbocycles. The molecule has 0 heterocycles. The number of nitrogens with one attached hydrogen (secondary N) is 1. The molecular formula is C14H23NO2. The second-order valence-corrected chi connectivity index (χ2v) is 4.81. The van der Waals surface area contributed by atoms with Crippen molar-refractivity contribution in [2.75, 3.05) is 19.0 Å². The lowest BCUT2D eigenvalue weighted by Gasteiger charge is -2.23. The molecule has 1 aromatic rings. The van der Waals surface area contributed by atoms with Gasteiger partial charge >= 0.3 is 0 Å². The van der Waals surface area contributed by atoms with Crippen LogP contribution in [0.4, 0.5) is 5.69 Å². The lowest BCUT2D eigenvalue weighted by molar-refractivity contribution is 0.249. The van der Waals surface area contributed by atoms with Crippen LogP contribution in [0.5, 0.6) is 5.75 Å². The van der Waals surface area contributed by atoms with Crippen LogP contribution in [-0.2, 0) is 0 Å². The van der Waals surface area contributed by atoms with Crippen LogP contribution in [0.3, 0.4) is 0 Å². The van der Waals surface area contributed by atoms with E-state index in [4.69, 9.17) is 4.74 Å². The third-order valence-electron chi connectivity index (χ3n) is 3.16. The largest absolute Gasteiger partial charge is 0.495 e. The molecule has 1 atom stereocenters. The summed E-state index contributed by atoms with van der Waals surface area (Å²) in [7, 11) is 1.67. The zero-order chi connectivity index (χ0) is 13.0. The van der Waals surface area contributed by atoms with Crippen molar-refractivity contribution >= 4 is 5.69 Å². The van der Waals surface area contributed by atoms with Gasteiger partial charge in [-0.25, -0.2) is 0 Å². The smallest absolute Gasteiger partial charge is 0.142 e. The van der Waals surface area contributed by atoms with Gasteiger partial charge in [0.05, 0.1) is 25.4 Å². The molecule has 0 aromatic heterocycles. The maximum Gasteiger partial charge on any atom is 0.142 e. The molecule has 1 rings (SSSR count). The Balaban J connectivity index is 3.00. The van der Waals surface area contributed by atoms with E-state index >= 15 is 0 Å². The highest BCUT2D eigenvalue weighted by Gasteiger charge is 2.14. The maximum absolute atomic E-state index is 9.34. The van der Waals surface area contributed by atoms with Gasteiger partial charge in [-0.1, -0.05) is 13.8 Å². The second-order valence-electron chi connectivity index (χ2n) is 4.81. The lowest BCUT2D eigenvalue weighted by Crippen LogP contribution is -2.29. The Morgan fingerprint density at radius 3 is 2.29 bits per heavy atom. The Kier molecular flexibility index (Phi) is 4.82. The average molecular weight is 237 g/mol. The van der Waals surface area contributed by atoms with Gasteiger partial charge in [0.25, 0.3) is 0 Å². The highest BCUT2D eigenvalue weighted by molar-refractivity contribution is 5.60. The highest BCUT2D eigenvalue weighted by atomic mass is 16.5. The molecule has 0 aliphatic heterocycles. The minimum Gasteiger partial charge on any atom is -0.495 e. The highest BCUT2D eigenvalue weighted by Crippen LogP contribution is 2.29. The molecule has 17 heavy (non-hydrogen) atoms. The first-order valence-electron chi connectivity index (χ1n) is 6.02. The second kappa shape index (κ2) is 5.92. The fourth-order valence-electron chi connectivity index (χ4n) is 1.69. The van der Waals surface area contributed by atoms with Crippen molar-refractivity contribution in [1.29, 1.82) is 0 Å². The third-order valence-corrected chi connectivity index (χ3v) is 3.16. The quantitative estimate of drug-likeness (QED) is 0.827. The van der Waals surface area contributed by atoms with Crippen LogP contribution in [0.1, 0.15) is 25.0 Å². The third kappa shape index (κ3) is 3.37. The summed E-state index contributed by atoms with van der Waals surface area (Å²) in [6, 6.07) is 4.14. The summed E-state index contributed by atoms with van der Waals surface area (Å²) >= 11 is 0. The molecule has 0 radical (unpaired) electrons. The van der Waals surface area contributed by atoms with Crippen LogP contribution in [-0.4, -0.2) is 24.9 Å². The minimum absolute atomic E-state index is 0.0472. The van der Waals surface area contributed by atoms with Crippen molar-refractivity contribution in [2.45, 2.75) is 33.7 Å². The fraction of sp³-hybridized carbons (Fsp3) is 0.571. The van der Waals surface area contributed by atoms with Gasteiger partial charge in [0.1, 0.15) is 5.75 Å². The van der Waals surface area contributed by atoms with E-state index in [2.05, 4.69) is 39.1 Å². The topological polar surface area (TPSA) is 41.5 Å². The maximum atomic E-state index is 9.34. The Morgan fingerprint density at radius 1 is 1.24 bits per heavy atom. The predicted molar refractivity (Wildman–Crippen MR) is 71.8 cm³/mol. The average Bonchev–Trinajstić information content (AvgIpc) is 2.29. The summed E-state index contributed by atoms with van der Waals surface area (Å²) < 4.78 is 5.36. The van der Waals surface area contributed by atoms with Crippen molar-refractivity contribution in [3.05, 3.63) is 23.3 Å². The van der Waals surface area contributed by atoms with E-state index in [1.54, 1.807) is 7.11 Å². The number of aliphatic hydroxyl groups is 1. The number of aliphatic hydroxyl groups excluding tert-OH is 1. The van der Waals surface area contributed by atoms with Crippen LogP contribution in [0.2, 0.25) is 0 Å². The number of ether oxygens (including phenoxy) is 1. The summed E-state index contributed by atoms with van der Waals surface area (Å²) in [5.74, 6) is 1.19. The predicted octanol–water partition coefficient (Wildman–Crippen LogP) is 2.74. The molecular weight excluding hydrogens is 214 g/mol. The van der Waals surface area contributed by atoms with Gasteiger partial charge in [-0.3, -0.25) is 0 Å². The number of aryl methyl sites for hydroxylation is 2. The van der Waals surface area contributed by atoms with E-state index in [1.165, 1.54) is 11.1 Å². The molecule has 3 heteroatoms. The first-order valence-corrected chi connectivity index (χ1v) is 6.02. The van der Waals surface area contributed by atoms with Crippen molar-refractivity contribution in [3.8, 4) is 5.75 Å². The van der Waals surface area contributed by atoms with Crippen LogP contribution in [0, 0.1) is 19.8 Å². The van der Waals surface area contributed by atoms with E-state index in [0.717, 1.165) is 11.4 Å². The molecule has 0 bridgehead atoms. The molecule has 0 aliphatic rings.